The van der Waals surface area contributed by atoms with E-state index in [0.29, 0.717) is 81.6 Å². The van der Waals surface area contributed by atoms with Crippen LogP contribution in [0.25, 0.3) is 22.0 Å². The third-order valence-corrected chi connectivity index (χ3v) is 9.23. The van der Waals surface area contributed by atoms with Gasteiger partial charge in [0.2, 0.25) is 0 Å². The molecule has 0 amide bonds. The highest BCUT2D eigenvalue weighted by Gasteiger charge is 2.30. The molecule has 4 aromatic rings. The number of anilines is 1. The lowest BCUT2D eigenvalue weighted by molar-refractivity contribution is -0.137. The number of aryl methyl sites for hydroxylation is 3. The summed E-state index contributed by atoms with van der Waals surface area (Å²) < 4.78 is 96.2. The normalized spacial score (nSPS) is 12.6. The maximum absolute atomic E-state index is 13.6. The lowest BCUT2D eigenvalue weighted by atomic mass is 9.98. The number of nitrogens with two attached hydrogens (primary N) is 3. The fraction of sp³-hybridized carbons (Fsp3) is 0.386. The van der Waals surface area contributed by atoms with Crippen LogP contribution in [0, 0.1) is 17.5 Å². The second kappa shape index (κ2) is 21.6. The van der Waals surface area contributed by atoms with Crippen molar-refractivity contribution in [1.29, 1.82) is 0 Å². The topological polar surface area (TPSA) is 182 Å². The van der Waals surface area contributed by atoms with E-state index in [1.165, 1.54) is 36.4 Å². The first-order valence-corrected chi connectivity index (χ1v) is 18.1. The van der Waals surface area contributed by atoms with Crippen LogP contribution in [0.15, 0.2) is 47.8 Å². The van der Waals surface area contributed by atoms with E-state index < -0.39 is 23.7 Å². The second-order valence-electron chi connectivity index (χ2n) is 12.6. The molecular weight excluding hydrogens is 753 g/mol. The predicted molar refractivity (Wildman–Crippen MR) is 234 cm³/mol. The fourth-order valence-corrected chi connectivity index (χ4v) is 6.82. The van der Waals surface area contributed by atoms with Crippen molar-refractivity contribution < 1.29 is 60.3 Å². The number of ether oxygens (including phenoxy) is 3. The molecule has 328 valence electrons. The number of nitrogen functional groups attached to an aromatic ring is 1. The number of hydrogen-bond donors (Lipinski definition) is 4. The van der Waals surface area contributed by atoms with Crippen molar-refractivity contribution in [3.05, 3.63) is 110 Å². The Morgan fingerprint density at radius 3 is 1.38 bits per heavy atom. The Morgan fingerprint density at radius 2 is 1.00 bits per heavy atom. The number of fused-ring (bicyclic) bond motifs is 3. The Balaban J connectivity index is -0.000000259. The number of nitrogens with zero attached hydrogens (tertiary/aromatic N) is 1. The Morgan fingerprint density at radius 1 is 0.638 bits per heavy atom. The molecule has 58 heavy (non-hydrogen) atoms. The van der Waals surface area contributed by atoms with E-state index in [0.717, 1.165) is 22.3 Å². The first-order valence-electron chi connectivity index (χ1n) is 22.1. The molecule has 0 saturated carbocycles. The van der Waals surface area contributed by atoms with Crippen LogP contribution in [-0.4, -0.2) is 47.7 Å². The van der Waals surface area contributed by atoms with E-state index in [9.17, 15) is 32.8 Å². The molecule has 0 bridgehead atoms. The van der Waals surface area contributed by atoms with Crippen LogP contribution >= 0.6 is 0 Å². The molecule has 1 heterocycles. The van der Waals surface area contributed by atoms with Gasteiger partial charge in [-0.3, -0.25) is 0 Å². The minimum atomic E-state index is -0.676. The van der Waals surface area contributed by atoms with Gasteiger partial charge in [0, 0.05) is 42.9 Å². The van der Waals surface area contributed by atoms with Gasteiger partial charge in [-0.15, -0.1) is 0 Å². The molecule has 7 N–H and O–H groups in total. The number of halogens is 3. The highest BCUT2D eigenvalue weighted by atomic mass is 19.1. The van der Waals surface area contributed by atoms with Crippen LogP contribution in [0.2, 0.25) is 0 Å². The highest BCUT2D eigenvalue weighted by molar-refractivity contribution is 6.20. The molecule has 0 aliphatic heterocycles. The van der Waals surface area contributed by atoms with Crippen LogP contribution in [0.5, 0.6) is 0 Å². The third kappa shape index (κ3) is 10.1. The maximum atomic E-state index is 13.6. The van der Waals surface area contributed by atoms with Gasteiger partial charge in [-0.1, -0.05) is 43.1 Å². The quantitative estimate of drug-likeness (QED) is 0.0720. The molecule has 0 radical (unpaired) electrons. The molecule has 14 heteroatoms. The summed E-state index contributed by atoms with van der Waals surface area (Å²) in [6.07, 6.45) is 2.91. The monoisotopic (exact) mass is 832 g/mol. The molecule has 0 unspecified atom stereocenters. The van der Waals surface area contributed by atoms with Crippen molar-refractivity contribution in [1.82, 2.24) is 4.73 Å². The van der Waals surface area contributed by atoms with Crippen molar-refractivity contribution in [3.63, 3.8) is 0 Å². The average Bonchev–Trinajstić information content (AvgIpc) is 3.89. The van der Waals surface area contributed by atoms with E-state index >= 15 is 0 Å². The average molecular weight is 832 g/mol. The number of esters is 3. The molecule has 6 rings (SSSR count). The van der Waals surface area contributed by atoms with Gasteiger partial charge < -0.3 is 36.6 Å². The predicted octanol–water partition coefficient (Wildman–Crippen LogP) is 9.83. The van der Waals surface area contributed by atoms with Gasteiger partial charge in [-0.05, 0) is 115 Å². The summed E-state index contributed by atoms with van der Waals surface area (Å²) in [6, 6.07) is 8.20. The zero-order valence-electron chi connectivity index (χ0n) is 39.8. The second-order valence-corrected chi connectivity index (χ2v) is 12.6. The number of hydrogen-bond acceptors (Lipinski definition) is 10. The molecule has 0 atom stereocenters. The number of carbonyl (C=O) groups excluding carboxylic acids is 3. The van der Waals surface area contributed by atoms with Crippen molar-refractivity contribution in [2.75, 3.05) is 25.6 Å². The SMILES string of the molecule is C.C.C.CCOC(=O)C1=C(N)Cc2c(CC)cc(F)cc21.CCOC(=O)C1=C(N)Cc2c(CC)cc(F)cc21.CCOC(=O)c1c(N)n(O)c2c(CC)cc(F)cc12.[2HH].[2H][2H].[2H][2H].[2H][2H].[2H][2H]. The Kier molecular flexibility index (Phi) is 16.1. The van der Waals surface area contributed by atoms with Crippen molar-refractivity contribution in [2.45, 2.75) is 95.9 Å². The van der Waals surface area contributed by atoms with E-state index in [-0.39, 0.29) is 71.9 Å². The summed E-state index contributed by atoms with van der Waals surface area (Å²) in [5, 5.41) is 10.2. The number of aromatic nitrogens is 1. The van der Waals surface area contributed by atoms with Gasteiger partial charge in [0.05, 0.1) is 36.5 Å². The number of allylic oxidation sites excluding steroid dienone is 2. The first-order chi connectivity index (χ1) is 30.2. The molecular formula is C44H69F3N4O7. The standard InChI is InChI=1S/2C14H16FNO2.C13H15FN2O3.3CH4.5H2/c2*1-3-8-5-9(15)6-11-10(8)7-12(16)13(11)14(17)18-4-2;1-3-7-5-8(14)6-9-10(13(17)19-4-2)12(15)16(18)11(7)9;;;;;;;;/h2*5-6H,3-4,7,16H2,1-2H3;5-6,18H,3-4,15H2,1-2H3;3*1H4;5*1H/i;;;;;;4*1+1D;1+1. The van der Waals surface area contributed by atoms with Crippen LogP contribution in [-0.2, 0) is 55.9 Å². The lowest BCUT2D eigenvalue weighted by Gasteiger charge is -2.09. The Bertz CT molecular complexity index is 2150. The van der Waals surface area contributed by atoms with Gasteiger partial charge in [0.25, 0.3) is 0 Å². The van der Waals surface area contributed by atoms with E-state index in [2.05, 4.69) is 0 Å². The smallest absolute Gasteiger partial charge is 0.342 e. The summed E-state index contributed by atoms with van der Waals surface area (Å²) >= 11 is 0. The van der Waals surface area contributed by atoms with Gasteiger partial charge in [0.15, 0.2) is 5.82 Å². The van der Waals surface area contributed by atoms with Crippen LogP contribution in [0.3, 0.4) is 0 Å². The molecule has 0 saturated heterocycles. The van der Waals surface area contributed by atoms with Gasteiger partial charge in [0.1, 0.15) is 23.0 Å². The molecule has 3 aromatic carbocycles. The lowest BCUT2D eigenvalue weighted by Crippen LogP contribution is -2.10. The van der Waals surface area contributed by atoms with Crippen molar-refractivity contribution >= 4 is 45.8 Å². The largest absolute Gasteiger partial charge is 0.462 e. The Labute approximate surface area is 353 Å². The summed E-state index contributed by atoms with van der Waals surface area (Å²) in [7, 11) is 0. The minimum absolute atomic E-state index is 0. The third-order valence-electron chi connectivity index (χ3n) is 9.23. The number of rotatable bonds is 9. The molecule has 1 aromatic heterocycles. The van der Waals surface area contributed by atoms with Crippen molar-refractivity contribution in [2.24, 2.45) is 11.5 Å². The maximum Gasteiger partial charge on any atom is 0.342 e. The van der Waals surface area contributed by atoms with Crippen LogP contribution < -0.4 is 17.2 Å². The summed E-state index contributed by atoms with van der Waals surface area (Å²) in [5.41, 5.74) is 24.8. The van der Waals surface area contributed by atoms with Gasteiger partial charge >= 0.3 is 17.9 Å². The zero-order valence-corrected chi connectivity index (χ0v) is 31.8. The molecule has 0 fully saturated rings. The molecule has 11 nitrogen and oxygen atoms in total. The van der Waals surface area contributed by atoms with Crippen LogP contribution in [0.4, 0.5) is 19.0 Å². The number of benzene rings is 3. The summed E-state index contributed by atoms with van der Waals surface area (Å²) in [4.78, 5) is 35.5. The molecule has 2 aliphatic rings. The van der Waals surface area contributed by atoms with Gasteiger partial charge in [-0.2, -0.15) is 4.73 Å². The summed E-state index contributed by atoms with van der Waals surface area (Å²) in [5.74, 6) is -2.94. The zero-order chi connectivity index (χ0) is 48.7. The molecule has 0 spiro atoms. The number of carbonyl (C=O) groups is 3. The van der Waals surface area contributed by atoms with E-state index in [4.69, 9.17) is 43.3 Å². The minimum Gasteiger partial charge on any atom is -0.462 e. The van der Waals surface area contributed by atoms with Crippen LogP contribution in [0.1, 0.15) is 126 Å². The van der Waals surface area contributed by atoms with E-state index in [1.807, 2.05) is 20.8 Å². The highest BCUT2D eigenvalue weighted by Crippen LogP contribution is 2.36. The fourth-order valence-electron chi connectivity index (χ4n) is 6.82. The van der Waals surface area contributed by atoms with Gasteiger partial charge in [-0.25, -0.2) is 27.6 Å². The van der Waals surface area contributed by atoms with E-state index in [1.54, 1.807) is 20.8 Å². The molecule has 2 aliphatic carbocycles. The van der Waals surface area contributed by atoms with Crippen molar-refractivity contribution in [3.8, 4) is 0 Å². The Hall–Kier alpha value is -5.92. The first kappa shape index (κ1) is 43.2. The summed E-state index contributed by atoms with van der Waals surface area (Å²) in [6.45, 7) is 11.6.